The largest absolute Gasteiger partial charge is 0.490 e. The lowest BCUT2D eigenvalue weighted by Crippen LogP contribution is -2.12. The number of hydrogen-bond acceptors (Lipinski definition) is 6. The molecule has 0 fully saturated rings. The van der Waals surface area contributed by atoms with Gasteiger partial charge in [0, 0.05) is 0 Å². The monoisotopic (exact) mass is 328 g/mol. The van der Waals surface area contributed by atoms with Gasteiger partial charge in [-0.1, -0.05) is 0 Å². The number of carbonyl (C=O) groups excluding carboxylic acids is 1. The molecular formula is C16H13FN4O3. The number of tetrazole rings is 1. The Bertz CT molecular complexity index is 789. The summed E-state index contributed by atoms with van der Waals surface area (Å²) in [5.41, 5.74) is 1.14. The molecule has 0 spiro atoms. The summed E-state index contributed by atoms with van der Waals surface area (Å²) in [6, 6.07) is 12.3. The fraction of sp³-hybridized carbons (Fsp3) is 0.125. The lowest BCUT2D eigenvalue weighted by molar-refractivity contribution is 0.0450. The molecule has 0 radical (unpaired) electrons. The van der Waals surface area contributed by atoms with E-state index >= 15 is 0 Å². The minimum Gasteiger partial charge on any atom is -0.490 e. The molecular weight excluding hydrogens is 315 g/mol. The minimum absolute atomic E-state index is 0.0883. The smallest absolute Gasteiger partial charge is 0.338 e. The lowest BCUT2D eigenvalue weighted by atomic mass is 10.2. The Morgan fingerprint density at radius 2 is 1.79 bits per heavy atom. The SMILES string of the molecule is O=C(OCCOc1ccc(F)cc1)c1ccc(-n2cnnn2)cc1. The first kappa shape index (κ1) is 15.6. The third-order valence-corrected chi connectivity index (χ3v) is 3.12. The molecule has 0 aliphatic rings. The van der Waals surface area contributed by atoms with Crippen LogP contribution in [0.1, 0.15) is 10.4 Å². The van der Waals surface area contributed by atoms with E-state index in [1.54, 1.807) is 24.3 Å². The van der Waals surface area contributed by atoms with Crippen molar-refractivity contribution in [2.75, 3.05) is 13.2 Å². The highest BCUT2D eigenvalue weighted by molar-refractivity contribution is 5.89. The Hall–Kier alpha value is -3.29. The van der Waals surface area contributed by atoms with Gasteiger partial charge in [-0.15, -0.1) is 5.10 Å². The second-order valence-electron chi connectivity index (χ2n) is 4.74. The highest BCUT2D eigenvalue weighted by Crippen LogP contribution is 2.11. The van der Waals surface area contributed by atoms with Crippen molar-refractivity contribution in [1.82, 2.24) is 20.2 Å². The average molecular weight is 328 g/mol. The molecule has 0 amide bonds. The predicted molar refractivity (Wildman–Crippen MR) is 81.3 cm³/mol. The second-order valence-corrected chi connectivity index (χ2v) is 4.74. The van der Waals surface area contributed by atoms with Crippen LogP contribution in [-0.4, -0.2) is 39.4 Å². The molecule has 24 heavy (non-hydrogen) atoms. The van der Waals surface area contributed by atoms with E-state index in [-0.39, 0.29) is 19.0 Å². The van der Waals surface area contributed by atoms with Crippen LogP contribution in [0.4, 0.5) is 4.39 Å². The lowest BCUT2D eigenvalue weighted by Gasteiger charge is -2.08. The van der Waals surface area contributed by atoms with E-state index in [1.807, 2.05) is 0 Å². The molecule has 0 saturated carbocycles. The maximum absolute atomic E-state index is 12.7. The number of hydrogen-bond donors (Lipinski definition) is 0. The van der Waals surface area contributed by atoms with Gasteiger partial charge in [-0.2, -0.15) is 0 Å². The number of aromatic nitrogens is 4. The van der Waals surface area contributed by atoms with Gasteiger partial charge in [0.25, 0.3) is 0 Å². The number of ether oxygens (including phenoxy) is 2. The Kier molecular flexibility index (Phi) is 4.76. The van der Waals surface area contributed by atoms with Crippen LogP contribution in [0.3, 0.4) is 0 Å². The molecule has 3 aromatic rings. The zero-order valence-electron chi connectivity index (χ0n) is 12.5. The molecule has 7 nitrogen and oxygen atoms in total. The van der Waals surface area contributed by atoms with Crippen molar-refractivity contribution in [1.29, 1.82) is 0 Å². The van der Waals surface area contributed by atoms with Crippen molar-refractivity contribution in [2.24, 2.45) is 0 Å². The highest BCUT2D eigenvalue weighted by atomic mass is 19.1. The minimum atomic E-state index is -0.457. The van der Waals surface area contributed by atoms with Gasteiger partial charge in [-0.25, -0.2) is 13.9 Å². The molecule has 0 atom stereocenters. The fourth-order valence-electron chi connectivity index (χ4n) is 1.94. The molecule has 0 unspecified atom stereocenters. The zero-order valence-corrected chi connectivity index (χ0v) is 12.5. The van der Waals surface area contributed by atoms with Crippen molar-refractivity contribution in [3.63, 3.8) is 0 Å². The van der Waals surface area contributed by atoms with Crippen molar-refractivity contribution >= 4 is 5.97 Å². The van der Waals surface area contributed by atoms with Gasteiger partial charge in [-0.3, -0.25) is 0 Å². The maximum atomic E-state index is 12.7. The Labute approximate surface area is 136 Å². The van der Waals surface area contributed by atoms with E-state index in [2.05, 4.69) is 15.5 Å². The van der Waals surface area contributed by atoms with Crippen molar-refractivity contribution < 1.29 is 18.7 Å². The van der Waals surface area contributed by atoms with E-state index in [0.29, 0.717) is 11.3 Å². The third-order valence-electron chi connectivity index (χ3n) is 3.12. The number of nitrogens with zero attached hydrogens (tertiary/aromatic N) is 4. The van der Waals surface area contributed by atoms with E-state index in [0.717, 1.165) is 5.69 Å². The summed E-state index contributed by atoms with van der Waals surface area (Å²) >= 11 is 0. The van der Waals surface area contributed by atoms with Gasteiger partial charge < -0.3 is 9.47 Å². The molecule has 1 heterocycles. The van der Waals surface area contributed by atoms with Crippen LogP contribution >= 0.6 is 0 Å². The predicted octanol–water partition coefficient (Wildman–Crippen LogP) is 2.04. The van der Waals surface area contributed by atoms with Crippen LogP contribution in [-0.2, 0) is 4.74 Å². The van der Waals surface area contributed by atoms with Gasteiger partial charge in [-0.05, 0) is 59.0 Å². The second kappa shape index (κ2) is 7.32. The molecule has 3 rings (SSSR count). The summed E-state index contributed by atoms with van der Waals surface area (Å²) in [7, 11) is 0. The highest BCUT2D eigenvalue weighted by Gasteiger charge is 2.08. The maximum Gasteiger partial charge on any atom is 0.338 e. The van der Waals surface area contributed by atoms with Crippen LogP contribution in [0.25, 0.3) is 5.69 Å². The third kappa shape index (κ3) is 3.92. The molecule has 0 aliphatic carbocycles. The fourth-order valence-corrected chi connectivity index (χ4v) is 1.94. The van der Waals surface area contributed by atoms with Crippen LogP contribution in [0.5, 0.6) is 5.75 Å². The number of esters is 1. The molecule has 1 aromatic heterocycles. The molecule has 0 aliphatic heterocycles. The summed E-state index contributed by atoms with van der Waals surface area (Å²) in [4.78, 5) is 11.9. The van der Waals surface area contributed by atoms with E-state index in [9.17, 15) is 9.18 Å². The van der Waals surface area contributed by atoms with Crippen LogP contribution in [0.15, 0.2) is 54.9 Å². The van der Waals surface area contributed by atoms with Crippen LogP contribution in [0, 0.1) is 5.82 Å². The summed E-state index contributed by atoms with van der Waals surface area (Å²) in [5.74, 6) is -0.280. The standard InChI is InChI=1S/C16H13FN4O3/c17-13-3-7-15(8-4-13)23-9-10-24-16(22)12-1-5-14(6-2-12)21-11-18-19-20-21/h1-8,11H,9-10H2. The first-order valence-electron chi connectivity index (χ1n) is 7.11. The van der Waals surface area contributed by atoms with E-state index in [1.165, 1.54) is 35.3 Å². The first-order valence-corrected chi connectivity index (χ1v) is 7.11. The van der Waals surface area contributed by atoms with Crippen molar-refractivity contribution in [3.05, 3.63) is 66.2 Å². The summed E-state index contributed by atoms with van der Waals surface area (Å²) in [5, 5.41) is 10.8. The van der Waals surface area contributed by atoms with E-state index < -0.39 is 5.97 Å². The molecule has 0 saturated heterocycles. The first-order chi connectivity index (χ1) is 11.7. The summed E-state index contributed by atoms with van der Waals surface area (Å²) < 4.78 is 24.7. The Morgan fingerprint density at radius 3 is 2.46 bits per heavy atom. The van der Waals surface area contributed by atoms with Gasteiger partial charge in [0.05, 0.1) is 11.3 Å². The molecule has 0 bridgehead atoms. The normalized spacial score (nSPS) is 10.4. The molecule has 122 valence electrons. The molecule has 0 N–H and O–H groups in total. The van der Waals surface area contributed by atoms with Crippen LogP contribution in [0.2, 0.25) is 0 Å². The number of benzene rings is 2. The van der Waals surface area contributed by atoms with E-state index in [4.69, 9.17) is 9.47 Å². The van der Waals surface area contributed by atoms with Gasteiger partial charge in [0.15, 0.2) is 0 Å². The molecule has 2 aromatic carbocycles. The van der Waals surface area contributed by atoms with Crippen molar-refractivity contribution in [3.8, 4) is 11.4 Å². The average Bonchev–Trinajstić information content (AvgIpc) is 3.15. The number of rotatable bonds is 6. The van der Waals surface area contributed by atoms with Gasteiger partial charge >= 0.3 is 5.97 Å². The van der Waals surface area contributed by atoms with Crippen LogP contribution < -0.4 is 4.74 Å². The summed E-state index contributed by atoms with van der Waals surface area (Å²) in [6.07, 6.45) is 1.46. The number of carbonyl (C=O) groups is 1. The molecule has 8 heteroatoms. The zero-order chi connectivity index (χ0) is 16.8. The Morgan fingerprint density at radius 1 is 1.04 bits per heavy atom. The quantitative estimate of drug-likeness (QED) is 0.509. The van der Waals surface area contributed by atoms with Gasteiger partial charge in [0.1, 0.15) is 31.1 Å². The summed E-state index contributed by atoms with van der Waals surface area (Å²) in [6.45, 7) is 0.269. The number of halogens is 1. The van der Waals surface area contributed by atoms with Crippen molar-refractivity contribution in [2.45, 2.75) is 0 Å². The topological polar surface area (TPSA) is 79.1 Å². The Balaban J connectivity index is 1.47. The van der Waals surface area contributed by atoms with Gasteiger partial charge in [0.2, 0.25) is 0 Å².